The molecule has 0 unspecified atom stereocenters. The van der Waals surface area contributed by atoms with Crippen LogP contribution in [0.5, 0.6) is 0 Å². The van der Waals surface area contributed by atoms with Crippen LogP contribution in [0.4, 0.5) is 9.18 Å². The monoisotopic (exact) mass is 369 g/mol. The Kier molecular flexibility index (Phi) is 4.53. The Hall–Kier alpha value is -2.02. The van der Waals surface area contributed by atoms with Crippen molar-refractivity contribution < 1.29 is 13.9 Å². The van der Waals surface area contributed by atoms with Gasteiger partial charge in [0.2, 0.25) is 0 Å². The summed E-state index contributed by atoms with van der Waals surface area (Å²) in [7, 11) is 0. The first-order valence-electron chi connectivity index (χ1n) is 8.23. The van der Waals surface area contributed by atoms with Crippen molar-refractivity contribution in [1.29, 1.82) is 0 Å². The molecule has 0 aliphatic carbocycles. The summed E-state index contributed by atoms with van der Waals surface area (Å²) in [5.41, 5.74) is 0.156. The molecule has 25 heavy (non-hydrogen) atoms. The van der Waals surface area contributed by atoms with Crippen LogP contribution in [-0.4, -0.2) is 39.2 Å². The normalized spacial score (nSPS) is 16.4. The molecular formula is C17H21ClFN3O3. The average Bonchev–Trinajstić information content (AvgIpc) is 2.81. The molecule has 0 radical (unpaired) electrons. The summed E-state index contributed by atoms with van der Waals surface area (Å²) < 4.78 is 20.6. The summed E-state index contributed by atoms with van der Waals surface area (Å²) in [5, 5.41) is -0.0218. The van der Waals surface area contributed by atoms with Gasteiger partial charge in [0.05, 0.1) is 16.1 Å². The topological polar surface area (TPSA) is 67.3 Å². The van der Waals surface area contributed by atoms with E-state index in [1.54, 1.807) is 9.47 Å². The van der Waals surface area contributed by atoms with Crippen molar-refractivity contribution in [2.45, 2.75) is 45.3 Å². The fraction of sp³-hybridized carbons (Fsp3) is 0.529. The van der Waals surface area contributed by atoms with E-state index in [4.69, 9.17) is 16.3 Å². The van der Waals surface area contributed by atoms with E-state index in [2.05, 4.69) is 4.98 Å². The van der Waals surface area contributed by atoms with Gasteiger partial charge in [-0.3, -0.25) is 4.57 Å². The van der Waals surface area contributed by atoms with E-state index in [9.17, 15) is 14.0 Å². The zero-order valence-electron chi connectivity index (χ0n) is 14.4. The maximum atomic E-state index is 13.6. The summed E-state index contributed by atoms with van der Waals surface area (Å²) >= 11 is 5.86. The minimum Gasteiger partial charge on any atom is -0.444 e. The quantitative estimate of drug-likeness (QED) is 0.833. The molecule has 1 amide bonds. The summed E-state index contributed by atoms with van der Waals surface area (Å²) in [6.45, 7) is 6.46. The second kappa shape index (κ2) is 6.37. The first kappa shape index (κ1) is 17.8. The third-order valence-corrected chi connectivity index (χ3v) is 4.53. The fourth-order valence-electron chi connectivity index (χ4n) is 3.12. The molecule has 2 aromatic rings. The Bertz CT molecular complexity index is 860. The molecule has 1 N–H and O–H groups in total. The van der Waals surface area contributed by atoms with Gasteiger partial charge in [0.25, 0.3) is 0 Å². The lowest BCUT2D eigenvalue weighted by molar-refractivity contribution is 0.0189. The number of hydrogen-bond acceptors (Lipinski definition) is 3. The van der Waals surface area contributed by atoms with Crippen molar-refractivity contribution in [3.05, 3.63) is 33.5 Å². The van der Waals surface area contributed by atoms with Gasteiger partial charge in [-0.05, 0) is 39.7 Å². The number of aromatic nitrogens is 2. The molecule has 0 bridgehead atoms. The van der Waals surface area contributed by atoms with Crippen LogP contribution in [-0.2, 0) is 4.74 Å². The maximum absolute atomic E-state index is 13.6. The second-order valence-corrected chi connectivity index (χ2v) is 7.69. The summed E-state index contributed by atoms with van der Waals surface area (Å²) in [4.78, 5) is 28.7. The summed E-state index contributed by atoms with van der Waals surface area (Å²) in [6, 6.07) is 2.61. The van der Waals surface area contributed by atoms with Crippen molar-refractivity contribution in [2.24, 2.45) is 0 Å². The molecule has 1 aliphatic rings. The molecule has 1 aromatic heterocycles. The van der Waals surface area contributed by atoms with Gasteiger partial charge < -0.3 is 14.6 Å². The first-order chi connectivity index (χ1) is 11.7. The fourth-order valence-corrected chi connectivity index (χ4v) is 3.27. The molecule has 136 valence electrons. The van der Waals surface area contributed by atoms with Crippen molar-refractivity contribution in [1.82, 2.24) is 14.5 Å². The highest BCUT2D eigenvalue weighted by molar-refractivity contribution is 6.31. The highest BCUT2D eigenvalue weighted by Gasteiger charge is 2.29. The average molecular weight is 370 g/mol. The standard InChI is InChI=1S/C17H21ClFN3O3/c1-17(2,3)25-16(24)21-6-4-10(5-7-21)22-14-8-11(18)12(19)9-13(14)20-15(22)23/h8-10H,4-7H2,1-3H3,(H,20,23). The number of hydrogen-bond donors (Lipinski definition) is 1. The SMILES string of the molecule is CC(C)(C)OC(=O)N1CCC(n2c(=O)[nH]c3cc(F)c(Cl)cc32)CC1. The van der Waals surface area contributed by atoms with Gasteiger partial charge in [-0.15, -0.1) is 0 Å². The van der Waals surface area contributed by atoms with E-state index < -0.39 is 11.4 Å². The van der Waals surface area contributed by atoms with E-state index in [0.29, 0.717) is 37.0 Å². The lowest BCUT2D eigenvalue weighted by atomic mass is 10.0. The number of imidazole rings is 1. The molecule has 1 fully saturated rings. The van der Waals surface area contributed by atoms with Gasteiger partial charge >= 0.3 is 11.8 Å². The van der Waals surface area contributed by atoms with E-state index in [1.807, 2.05) is 20.8 Å². The number of carbonyl (C=O) groups excluding carboxylic acids is 1. The van der Waals surface area contributed by atoms with Crippen LogP contribution in [0.2, 0.25) is 5.02 Å². The molecule has 2 heterocycles. The van der Waals surface area contributed by atoms with E-state index >= 15 is 0 Å². The van der Waals surface area contributed by atoms with E-state index in [0.717, 1.165) is 0 Å². The largest absolute Gasteiger partial charge is 0.444 e. The summed E-state index contributed by atoms with van der Waals surface area (Å²) in [5.74, 6) is -0.567. The van der Waals surface area contributed by atoms with Crippen LogP contribution in [0.1, 0.15) is 39.7 Å². The second-order valence-electron chi connectivity index (χ2n) is 7.28. The van der Waals surface area contributed by atoms with Crippen LogP contribution in [0.25, 0.3) is 11.0 Å². The lowest BCUT2D eigenvalue weighted by Crippen LogP contribution is -2.43. The highest BCUT2D eigenvalue weighted by Crippen LogP contribution is 2.28. The predicted octanol–water partition coefficient (Wildman–Crippen LogP) is 3.69. The van der Waals surface area contributed by atoms with Gasteiger partial charge in [-0.25, -0.2) is 14.0 Å². The number of rotatable bonds is 1. The Balaban J connectivity index is 1.79. The number of benzene rings is 1. The van der Waals surface area contributed by atoms with E-state index in [-0.39, 0.29) is 22.8 Å². The van der Waals surface area contributed by atoms with Gasteiger partial charge in [0.15, 0.2) is 0 Å². The van der Waals surface area contributed by atoms with Crippen LogP contribution in [0, 0.1) is 5.82 Å². The predicted molar refractivity (Wildman–Crippen MR) is 93.6 cm³/mol. The lowest BCUT2D eigenvalue weighted by Gasteiger charge is -2.33. The van der Waals surface area contributed by atoms with Gasteiger partial charge in [-0.2, -0.15) is 0 Å². The van der Waals surface area contributed by atoms with Crippen LogP contribution in [0.15, 0.2) is 16.9 Å². The number of carbonyl (C=O) groups is 1. The minimum absolute atomic E-state index is 0.0218. The van der Waals surface area contributed by atoms with Gasteiger partial charge in [0.1, 0.15) is 11.4 Å². The van der Waals surface area contributed by atoms with Gasteiger partial charge in [0, 0.05) is 25.2 Å². The Morgan fingerprint density at radius 3 is 2.56 bits per heavy atom. The molecule has 0 atom stereocenters. The molecule has 3 rings (SSSR count). The molecule has 1 saturated heterocycles. The highest BCUT2D eigenvalue weighted by atomic mass is 35.5. The van der Waals surface area contributed by atoms with Crippen LogP contribution in [0.3, 0.4) is 0 Å². The number of likely N-dealkylation sites (tertiary alicyclic amines) is 1. The third-order valence-electron chi connectivity index (χ3n) is 4.24. The van der Waals surface area contributed by atoms with Crippen molar-refractivity contribution >= 4 is 28.7 Å². The van der Waals surface area contributed by atoms with Crippen molar-refractivity contribution in [3.63, 3.8) is 0 Å². The van der Waals surface area contributed by atoms with Crippen molar-refractivity contribution in [3.8, 4) is 0 Å². The third kappa shape index (κ3) is 3.66. The molecule has 0 saturated carbocycles. The number of aromatic amines is 1. The summed E-state index contributed by atoms with van der Waals surface area (Å²) in [6.07, 6.45) is 0.879. The Morgan fingerprint density at radius 1 is 1.32 bits per heavy atom. The number of H-pyrrole nitrogens is 1. The Labute approximate surface area is 149 Å². The minimum atomic E-state index is -0.567. The van der Waals surface area contributed by atoms with Crippen molar-refractivity contribution in [2.75, 3.05) is 13.1 Å². The number of nitrogens with one attached hydrogen (secondary N) is 1. The van der Waals surface area contributed by atoms with E-state index in [1.165, 1.54) is 12.1 Å². The number of piperidine rings is 1. The number of ether oxygens (including phenoxy) is 1. The van der Waals surface area contributed by atoms with Gasteiger partial charge in [-0.1, -0.05) is 11.6 Å². The zero-order valence-corrected chi connectivity index (χ0v) is 15.2. The Morgan fingerprint density at radius 2 is 1.96 bits per heavy atom. The molecule has 1 aromatic carbocycles. The molecule has 0 spiro atoms. The molecule has 6 nitrogen and oxygen atoms in total. The molecule has 1 aliphatic heterocycles. The molecular weight excluding hydrogens is 349 g/mol. The first-order valence-corrected chi connectivity index (χ1v) is 8.61. The number of nitrogens with zero attached hydrogens (tertiary/aromatic N) is 2. The van der Waals surface area contributed by atoms with Crippen LogP contribution >= 0.6 is 11.6 Å². The maximum Gasteiger partial charge on any atom is 0.410 e. The van der Waals surface area contributed by atoms with Crippen LogP contribution < -0.4 is 5.69 Å². The number of halogens is 2. The number of amides is 1. The number of fused-ring (bicyclic) bond motifs is 1. The zero-order chi connectivity index (χ0) is 18.4. The molecule has 8 heteroatoms. The smallest absolute Gasteiger partial charge is 0.410 e.